The van der Waals surface area contributed by atoms with Crippen LogP contribution in [0.2, 0.25) is 0 Å². The summed E-state index contributed by atoms with van der Waals surface area (Å²) in [5.74, 6) is 0.773. The molecule has 1 aromatic carbocycles. The summed E-state index contributed by atoms with van der Waals surface area (Å²) in [6.07, 6.45) is 2.28. The van der Waals surface area contributed by atoms with Crippen LogP contribution in [0.1, 0.15) is 35.4 Å². The number of imidazole rings is 1. The third-order valence-corrected chi connectivity index (χ3v) is 5.97. The van der Waals surface area contributed by atoms with Crippen molar-refractivity contribution in [3.05, 3.63) is 29.6 Å². The lowest BCUT2D eigenvalue weighted by atomic mass is 9.86. The number of nitrogens with one attached hydrogen (secondary N) is 1. The fourth-order valence-electron chi connectivity index (χ4n) is 4.49. The van der Waals surface area contributed by atoms with Crippen LogP contribution in [0.4, 0.5) is 0 Å². The zero-order valence-electron chi connectivity index (χ0n) is 16.0. The number of aryl methyl sites for hydroxylation is 1. The summed E-state index contributed by atoms with van der Waals surface area (Å²) in [6, 6.07) is 5.46. The van der Waals surface area contributed by atoms with Crippen LogP contribution in [0.3, 0.4) is 0 Å². The molecule has 2 aromatic rings. The van der Waals surface area contributed by atoms with E-state index in [1.165, 1.54) is 0 Å². The fraction of sp³-hybridized carbons (Fsp3) is 0.600. The van der Waals surface area contributed by atoms with Crippen LogP contribution in [-0.4, -0.2) is 82.3 Å². The van der Waals surface area contributed by atoms with Crippen molar-refractivity contribution in [1.82, 2.24) is 19.8 Å². The molecule has 0 bridgehead atoms. The number of hydrogen-bond acceptors (Lipinski definition) is 5. The first kappa shape index (κ1) is 18.4. The Morgan fingerprint density at radius 3 is 2.89 bits per heavy atom. The lowest BCUT2D eigenvalue weighted by molar-refractivity contribution is -0.0613. The van der Waals surface area contributed by atoms with Crippen molar-refractivity contribution in [2.75, 3.05) is 33.4 Å². The molecule has 1 aliphatic heterocycles. The van der Waals surface area contributed by atoms with Crippen LogP contribution < -0.4 is 0 Å². The van der Waals surface area contributed by atoms with E-state index < -0.39 is 6.10 Å². The summed E-state index contributed by atoms with van der Waals surface area (Å²) in [7, 11) is 1.81. The summed E-state index contributed by atoms with van der Waals surface area (Å²) in [5, 5.41) is 11.0. The van der Waals surface area contributed by atoms with Crippen molar-refractivity contribution in [1.29, 1.82) is 0 Å². The molecular formula is C20H28N4O3. The average molecular weight is 372 g/mol. The third-order valence-electron chi connectivity index (χ3n) is 5.97. The predicted molar refractivity (Wildman–Crippen MR) is 103 cm³/mol. The number of hydrogen-bond donors (Lipinski definition) is 2. The zero-order chi connectivity index (χ0) is 19.0. The van der Waals surface area contributed by atoms with Crippen molar-refractivity contribution in [3.8, 4) is 0 Å². The molecule has 1 saturated heterocycles. The maximum atomic E-state index is 13.1. The largest absolute Gasteiger partial charge is 0.389 e. The molecule has 7 heteroatoms. The lowest BCUT2D eigenvalue weighted by Gasteiger charge is -2.45. The second-order valence-electron chi connectivity index (χ2n) is 7.67. The SMILES string of the molecule is Cc1nc2ccc(C(=O)N(C)[C@@H]3CCC[C@@H](N4CCOCC4)[C@@H]3O)cc2[nH]1. The van der Waals surface area contributed by atoms with Gasteiger partial charge in [0, 0.05) is 31.7 Å². The Morgan fingerprint density at radius 2 is 2.11 bits per heavy atom. The molecule has 2 aliphatic rings. The maximum absolute atomic E-state index is 13.1. The van der Waals surface area contributed by atoms with E-state index in [1.807, 2.05) is 25.1 Å². The number of fused-ring (bicyclic) bond motifs is 1. The third kappa shape index (κ3) is 3.59. The van der Waals surface area contributed by atoms with Gasteiger partial charge >= 0.3 is 0 Å². The number of aliphatic hydroxyl groups excluding tert-OH is 1. The Morgan fingerprint density at radius 1 is 1.33 bits per heavy atom. The van der Waals surface area contributed by atoms with E-state index in [4.69, 9.17) is 4.74 Å². The van der Waals surface area contributed by atoms with Crippen LogP contribution in [-0.2, 0) is 4.74 Å². The number of likely N-dealkylation sites (N-methyl/N-ethyl adjacent to an activating group) is 1. The first-order valence-electron chi connectivity index (χ1n) is 9.78. The molecule has 0 unspecified atom stereocenters. The molecule has 7 nitrogen and oxygen atoms in total. The molecule has 1 amide bonds. The zero-order valence-corrected chi connectivity index (χ0v) is 16.0. The summed E-state index contributed by atoms with van der Waals surface area (Å²) in [6.45, 7) is 5.03. The molecule has 2 N–H and O–H groups in total. The molecular weight excluding hydrogens is 344 g/mol. The normalized spacial score (nSPS) is 27.0. The average Bonchev–Trinajstić information content (AvgIpc) is 3.07. The van der Waals surface area contributed by atoms with Crippen molar-refractivity contribution in [2.45, 2.75) is 44.4 Å². The molecule has 0 spiro atoms. The number of carbonyl (C=O) groups excluding carboxylic acids is 1. The predicted octanol–water partition coefficient (Wildman–Crippen LogP) is 1.56. The second-order valence-corrected chi connectivity index (χ2v) is 7.67. The Bertz CT molecular complexity index is 815. The minimum atomic E-state index is -0.538. The number of rotatable bonds is 3. The number of morpholine rings is 1. The molecule has 27 heavy (non-hydrogen) atoms. The summed E-state index contributed by atoms with van der Waals surface area (Å²) in [4.78, 5) is 24.7. The molecule has 1 saturated carbocycles. The minimum Gasteiger partial charge on any atom is -0.389 e. The van der Waals surface area contributed by atoms with Gasteiger partial charge in [-0.1, -0.05) is 0 Å². The number of carbonyl (C=O) groups is 1. The Kier molecular flexibility index (Phi) is 5.16. The fourth-order valence-corrected chi connectivity index (χ4v) is 4.49. The standard InChI is InChI=1S/C20H28N4O3/c1-13-21-15-7-6-14(12-16(15)22-13)20(26)23(2)17-4-3-5-18(19(17)25)24-8-10-27-11-9-24/h6-7,12,17-19,25H,3-5,8-11H2,1-2H3,(H,21,22)/t17-,18-,19-/m1/s1. The van der Waals surface area contributed by atoms with Crippen LogP contribution >= 0.6 is 0 Å². The van der Waals surface area contributed by atoms with Gasteiger partial charge in [0.15, 0.2) is 0 Å². The van der Waals surface area contributed by atoms with Crippen LogP contribution in [0, 0.1) is 6.92 Å². The van der Waals surface area contributed by atoms with Crippen LogP contribution in [0.25, 0.3) is 11.0 Å². The number of H-pyrrole nitrogens is 1. The highest BCUT2D eigenvalue weighted by atomic mass is 16.5. The number of amides is 1. The number of nitrogens with zero attached hydrogens (tertiary/aromatic N) is 3. The van der Waals surface area contributed by atoms with Crippen LogP contribution in [0.15, 0.2) is 18.2 Å². The highest BCUT2D eigenvalue weighted by Gasteiger charge is 2.39. The number of benzene rings is 1. The van der Waals surface area contributed by atoms with Crippen LogP contribution in [0.5, 0.6) is 0 Å². The highest BCUT2D eigenvalue weighted by molar-refractivity contribution is 5.97. The topological polar surface area (TPSA) is 81.7 Å². The maximum Gasteiger partial charge on any atom is 0.254 e. The monoisotopic (exact) mass is 372 g/mol. The number of aromatic nitrogens is 2. The molecule has 0 radical (unpaired) electrons. The molecule has 1 aliphatic carbocycles. The lowest BCUT2D eigenvalue weighted by Crippen LogP contribution is -2.58. The molecule has 1 aromatic heterocycles. The first-order chi connectivity index (χ1) is 13.0. The number of aromatic amines is 1. The van der Waals surface area contributed by atoms with Gasteiger partial charge in [-0.15, -0.1) is 0 Å². The molecule has 2 heterocycles. The van der Waals surface area contributed by atoms with Crippen molar-refractivity contribution < 1.29 is 14.6 Å². The van der Waals surface area contributed by atoms with Gasteiger partial charge in [0.25, 0.3) is 5.91 Å². The number of ether oxygens (including phenoxy) is 1. The van der Waals surface area contributed by atoms with E-state index in [-0.39, 0.29) is 18.0 Å². The van der Waals surface area contributed by atoms with Gasteiger partial charge in [-0.05, 0) is 44.4 Å². The van der Waals surface area contributed by atoms with E-state index >= 15 is 0 Å². The van der Waals surface area contributed by atoms with Gasteiger partial charge in [0.1, 0.15) is 5.82 Å². The van der Waals surface area contributed by atoms with E-state index in [9.17, 15) is 9.90 Å². The molecule has 4 rings (SSSR count). The van der Waals surface area contributed by atoms with E-state index in [0.717, 1.165) is 49.2 Å². The molecule has 146 valence electrons. The Hall–Kier alpha value is -1.96. The Labute approximate surface area is 159 Å². The molecule has 2 fully saturated rings. The first-order valence-corrected chi connectivity index (χ1v) is 9.78. The van der Waals surface area contributed by atoms with Crippen molar-refractivity contribution in [3.63, 3.8) is 0 Å². The van der Waals surface area contributed by atoms with E-state index in [0.29, 0.717) is 18.8 Å². The molecule has 3 atom stereocenters. The van der Waals surface area contributed by atoms with Gasteiger partial charge < -0.3 is 19.7 Å². The van der Waals surface area contributed by atoms with Gasteiger partial charge in [-0.2, -0.15) is 0 Å². The quantitative estimate of drug-likeness (QED) is 0.855. The van der Waals surface area contributed by atoms with Crippen molar-refractivity contribution in [2.24, 2.45) is 0 Å². The number of aliphatic hydroxyl groups is 1. The second kappa shape index (κ2) is 7.58. The van der Waals surface area contributed by atoms with E-state index in [2.05, 4.69) is 14.9 Å². The Balaban J connectivity index is 1.51. The summed E-state index contributed by atoms with van der Waals surface area (Å²) in [5.41, 5.74) is 2.34. The van der Waals surface area contributed by atoms with Gasteiger partial charge in [-0.3, -0.25) is 9.69 Å². The minimum absolute atomic E-state index is 0.0594. The van der Waals surface area contributed by atoms with Gasteiger partial charge in [0.05, 0.1) is 36.4 Å². The van der Waals surface area contributed by atoms with Crippen molar-refractivity contribution >= 4 is 16.9 Å². The van der Waals surface area contributed by atoms with E-state index in [1.54, 1.807) is 11.9 Å². The summed E-state index contributed by atoms with van der Waals surface area (Å²) < 4.78 is 5.44. The van der Waals surface area contributed by atoms with Gasteiger partial charge in [-0.25, -0.2) is 4.98 Å². The van der Waals surface area contributed by atoms with Gasteiger partial charge in [0.2, 0.25) is 0 Å². The smallest absolute Gasteiger partial charge is 0.254 e. The highest BCUT2D eigenvalue weighted by Crippen LogP contribution is 2.28. The summed E-state index contributed by atoms with van der Waals surface area (Å²) >= 11 is 0.